The standard InChI is InChI=1S/C16H11F3O2.CH4O/c1-9-6-10(8-20)14-11-4-2-3-5-12(11)15(21,13(14)7-9)16(17,18)19;1-2/h2-8,21H,1H3;2H,1H3. The van der Waals surface area contributed by atoms with Crippen LogP contribution in [0.25, 0.3) is 11.1 Å². The average molecular weight is 324 g/mol. The minimum Gasteiger partial charge on any atom is -0.400 e. The number of hydrogen-bond donors (Lipinski definition) is 2. The molecule has 0 saturated carbocycles. The van der Waals surface area contributed by atoms with E-state index in [9.17, 15) is 23.1 Å². The Bertz CT molecular complexity index is 753. The van der Waals surface area contributed by atoms with Crippen LogP contribution in [-0.2, 0) is 5.60 Å². The Balaban J connectivity index is 0.000000924. The Kier molecular flexibility index (Phi) is 4.32. The highest BCUT2D eigenvalue weighted by Crippen LogP contribution is 2.55. The molecule has 2 aromatic carbocycles. The van der Waals surface area contributed by atoms with Crippen LogP contribution in [0, 0.1) is 6.92 Å². The molecule has 0 radical (unpaired) electrons. The Morgan fingerprint density at radius 2 is 1.70 bits per heavy atom. The lowest BCUT2D eigenvalue weighted by Gasteiger charge is -2.28. The maximum Gasteiger partial charge on any atom is 0.425 e. The zero-order valence-electron chi connectivity index (χ0n) is 12.5. The molecule has 0 aliphatic heterocycles. The van der Waals surface area contributed by atoms with Crippen molar-refractivity contribution in [3.8, 4) is 11.1 Å². The predicted molar refractivity (Wildman–Crippen MR) is 79.2 cm³/mol. The second kappa shape index (κ2) is 5.79. The highest BCUT2D eigenvalue weighted by atomic mass is 19.4. The summed E-state index contributed by atoms with van der Waals surface area (Å²) in [5, 5.41) is 17.4. The number of fused-ring (bicyclic) bond motifs is 3. The van der Waals surface area contributed by atoms with Crippen molar-refractivity contribution >= 4 is 6.29 Å². The number of alkyl halides is 3. The molecule has 0 fully saturated rings. The summed E-state index contributed by atoms with van der Waals surface area (Å²) in [6.45, 7) is 1.59. The Labute approximate surface area is 131 Å². The molecule has 2 N–H and O–H groups in total. The van der Waals surface area contributed by atoms with Gasteiger partial charge in [0.2, 0.25) is 5.60 Å². The lowest BCUT2D eigenvalue weighted by Crippen LogP contribution is -2.41. The first-order valence-electron chi connectivity index (χ1n) is 6.74. The predicted octanol–water partition coefficient (Wildman–Crippen LogP) is 3.19. The Morgan fingerprint density at radius 3 is 2.26 bits per heavy atom. The molecule has 0 spiro atoms. The first-order chi connectivity index (χ1) is 10.8. The van der Waals surface area contributed by atoms with E-state index in [0.29, 0.717) is 11.8 Å². The second-order valence-corrected chi connectivity index (χ2v) is 5.15. The number of aliphatic hydroxyl groups is 2. The summed E-state index contributed by atoms with van der Waals surface area (Å²) in [5.74, 6) is 0. The van der Waals surface area contributed by atoms with E-state index in [2.05, 4.69) is 0 Å². The van der Waals surface area contributed by atoms with Crippen LogP contribution in [0.1, 0.15) is 27.0 Å². The Hall–Kier alpha value is -2.18. The molecular weight excluding hydrogens is 309 g/mol. The fourth-order valence-corrected chi connectivity index (χ4v) is 2.96. The minimum atomic E-state index is -4.87. The number of benzene rings is 2. The molecule has 2 aromatic rings. The summed E-state index contributed by atoms with van der Waals surface area (Å²) >= 11 is 0. The third kappa shape index (κ3) is 2.34. The number of aldehydes is 1. The molecule has 0 saturated heterocycles. The SMILES string of the molecule is CO.Cc1cc(C=O)c2c(c1)C(O)(C(F)(F)F)c1ccccc1-2. The van der Waals surface area contributed by atoms with Gasteiger partial charge >= 0.3 is 6.18 Å². The van der Waals surface area contributed by atoms with Crippen molar-refractivity contribution in [2.75, 3.05) is 7.11 Å². The number of rotatable bonds is 1. The number of aryl methyl sites for hydroxylation is 1. The van der Waals surface area contributed by atoms with Crippen LogP contribution < -0.4 is 0 Å². The van der Waals surface area contributed by atoms with Crippen molar-refractivity contribution in [2.24, 2.45) is 0 Å². The largest absolute Gasteiger partial charge is 0.425 e. The molecule has 3 rings (SSSR count). The van der Waals surface area contributed by atoms with Gasteiger partial charge in [-0.2, -0.15) is 13.2 Å². The van der Waals surface area contributed by atoms with Crippen LogP contribution in [0.4, 0.5) is 13.2 Å². The second-order valence-electron chi connectivity index (χ2n) is 5.15. The summed E-state index contributed by atoms with van der Waals surface area (Å²) in [4.78, 5) is 11.2. The van der Waals surface area contributed by atoms with E-state index in [1.807, 2.05) is 0 Å². The molecular formula is C17H15F3O3. The van der Waals surface area contributed by atoms with Gasteiger partial charge in [-0.1, -0.05) is 30.3 Å². The summed E-state index contributed by atoms with van der Waals surface area (Å²) in [5.41, 5.74) is -2.55. The van der Waals surface area contributed by atoms with Gasteiger partial charge in [-0.3, -0.25) is 4.79 Å². The van der Waals surface area contributed by atoms with Crippen molar-refractivity contribution in [2.45, 2.75) is 18.7 Å². The van der Waals surface area contributed by atoms with Crippen LogP contribution in [0.3, 0.4) is 0 Å². The quantitative estimate of drug-likeness (QED) is 0.792. The first-order valence-corrected chi connectivity index (χ1v) is 6.74. The third-order valence-electron chi connectivity index (χ3n) is 3.83. The fourth-order valence-electron chi connectivity index (χ4n) is 2.96. The van der Waals surface area contributed by atoms with E-state index in [-0.39, 0.29) is 27.8 Å². The molecule has 1 unspecified atom stereocenters. The molecule has 23 heavy (non-hydrogen) atoms. The third-order valence-corrected chi connectivity index (χ3v) is 3.83. The van der Waals surface area contributed by atoms with Crippen LogP contribution >= 0.6 is 0 Å². The molecule has 0 aromatic heterocycles. The van der Waals surface area contributed by atoms with Crippen molar-refractivity contribution in [1.82, 2.24) is 0 Å². The molecule has 1 aliphatic carbocycles. The molecule has 0 amide bonds. The molecule has 3 nitrogen and oxygen atoms in total. The van der Waals surface area contributed by atoms with Gasteiger partial charge in [0.1, 0.15) is 0 Å². The number of halogens is 3. The van der Waals surface area contributed by atoms with E-state index in [0.717, 1.165) is 7.11 Å². The normalized spacial score (nSPS) is 18.6. The lowest BCUT2D eigenvalue weighted by atomic mass is 9.89. The van der Waals surface area contributed by atoms with Crippen LogP contribution in [0.2, 0.25) is 0 Å². The van der Waals surface area contributed by atoms with Crippen molar-refractivity contribution in [3.05, 3.63) is 58.7 Å². The van der Waals surface area contributed by atoms with Crippen LogP contribution in [-0.4, -0.2) is 29.8 Å². The van der Waals surface area contributed by atoms with Gasteiger partial charge in [-0.15, -0.1) is 0 Å². The lowest BCUT2D eigenvalue weighted by molar-refractivity contribution is -0.246. The first kappa shape index (κ1) is 17.2. The van der Waals surface area contributed by atoms with Gasteiger partial charge in [0.25, 0.3) is 0 Å². The number of hydrogen-bond acceptors (Lipinski definition) is 3. The molecule has 1 aliphatic rings. The van der Waals surface area contributed by atoms with Gasteiger partial charge in [-0.05, 0) is 29.7 Å². The minimum absolute atomic E-state index is 0.151. The topological polar surface area (TPSA) is 57.5 Å². The molecule has 1 atom stereocenters. The Morgan fingerprint density at radius 1 is 1.09 bits per heavy atom. The summed E-state index contributed by atoms with van der Waals surface area (Å²) in [6, 6.07) is 8.56. The number of aliphatic hydroxyl groups excluding tert-OH is 1. The maximum atomic E-state index is 13.5. The average Bonchev–Trinajstić information content (AvgIpc) is 2.79. The maximum absolute atomic E-state index is 13.5. The summed E-state index contributed by atoms with van der Waals surface area (Å²) in [7, 11) is 1.00. The molecule has 6 heteroatoms. The van der Waals surface area contributed by atoms with Crippen molar-refractivity contribution < 1.29 is 28.2 Å². The fraction of sp³-hybridized carbons (Fsp3) is 0.235. The van der Waals surface area contributed by atoms with E-state index < -0.39 is 11.8 Å². The van der Waals surface area contributed by atoms with E-state index in [1.54, 1.807) is 13.0 Å². The summed E-state index contributed by atoms with van der Waals surface area (Å²) in [6.07, 6.45) is -4.35. The van der Waals surface area contributed by atoms with E-state index >= 15 is 0 Å². The molecule has 0 heterocycles. The highest BCUT2D eigenvalue weighted by molar-refractivity contribution is 5.94. The van der Waals surface area contributed by atoms with E-state index in [1.165, 1.54) is 30.3 Å². The highest BCUT2D eigenvalue weighted by Gasteiger charge is 2.61. The van der Waals surface area contributed by atoms with Crippen LogP contribution in [0.15, 0.2) is 36.4 Å². The smallest absolute Gasteiger partial charge is 0.400 e. The van der Waals surface area contributed by atoms with E-state index in [4.69, 9.17) is 5.11 Å². The van der Waals surface area contributed by atoms with Crippen molar-refractivity contribution in [3.63, 3.8) is 0 Å². The molecule has 122 valence electrons. The van der Waals surface area contributed by atoms with Gasteiger partial charge in [0.15, 0.2) is 6.29 Å². The number of carbonyl (C=O) groups is 1. The zero-order valence-corrected chi connectivity index (χ0v) is 12.5. The van der Waals surface area contributed by atoms with Crippen LogP contribution in [0.5, 0.6) is 0 Å². The zero-order chi connectivity index (χ0) is 17.4. The van der Waals surface area contributed by atoms with Gasteiger partial charge in [-0.25, -0.2) is 0 Å². The number of carbonyl (C=O) groups excluding carboxylic acids is 1. The monoisotopic (exact) mass is 324 g/mol. The summed E-state index contributed by atoms with van der Waals surface area (Å²) < 4.78 is 40.6. The molecule has 0 bridgehead atoms. The van der Waals surface area contributed by atoms with Gasteiger partial charge < -0.3 is 10.2 Å². The van der Waals surface area contributed by atoms with Crippen molar-refractivity contribution in [1.29, 1.82) is 0 Å². The van der Waals surface area contributed by atoms with Gasteiger partial charge in [0, 0.05) is 23.8 Å². The van der Waals surface area contributed by atoms with Gasteiger partial charge in [0.05, 0.1) is 0 Å².